The van der Waals surface area contributed by atoms with Crippen LogP contribution in [0.5, 0.6) is 0 Å². The number of hydrogen-bond acceptors (Lipinski definition) is 2. The highest BCUT2D eigenvalue weighted by Crippen LogP contribution is 2.19. The fourth-order valence-corrected chi connectivity index (χ4v) is 2.25. The monoisotopic (exact) mass is 291 g/mol. The number of carbonyl (C=O) groups excluding carboxylic acids is 1. The lowest BCUT2D eigenvalue weighted by atomic mass is 10.1. The predicted octanol–water partition coefficient (Wildman–Crippen LogP) is 4.19. The average molecular weight is 292 g/mol. The zero-order valence-corrected chi connectivity index (χ0v) is 11.9. The van der Waals surface area contributed by atoms with Crippen molar-refractivity contribution < 1.29 is 9.18 Å². The second-order valence-electron chi connectivity index (χ2n) is 4.40. The summed E-state index contributed by atoms with van der Waals surface area (Å²) in [5.41, 5.74) is 1.18. The standard InChI is InChI=1S/C16H15ClFNO/c1-2-19(13-7-5-6-12(18)10-13)11-16(20)14-8-3-4-9-15(14)17/h3-10H,2,11H2,1H3. The first-order valence-corrected chi connectivity index (χ1v) is 6.78. The molecule has 0 fully saturated rings. The van der Waals surface area contributed by atoms with Gasteiger partial charge in [-0.05, 0) is 37.3 Å². The largest absolute Gasteiger partial charge is 0.364 e. The molecular formula is C16H15ClFNO. The molecule has 2 aromatic rings. The van der Waals surface area contributed by atoms with Gasteiger partial charge in [0.1, 0.15) is 5.82 Å². The van der Waals surface area contributed by atoms with Gasteiger partial charge in [0.05, 0.1) is 11.6 Å². The Bertz CT molecular complexity index is 615. The van der Waals surface area contributed by atoms with Crippen molar-refractivity contribution in [1.82, 2.24) is 0 Å². The molecule has 0 N–H and O–H groups in total. The molecule has 0 amide bonds. The number of Topliss-reactive ketones (excluding diaryl/α,β-unsaturated/α-hetero) is 1. The number of likely N-dealkylation sites (N-methyl/N-ethyl adjacent to an activating group) is 1. The molecule has 0 aliphatic carbocycles. The van der Waals surface area contributed by atoms with Crippen LogP contribution < -0.4 is 4.90 Å². The normalized spacial score (nSPS) is 10.3. The molecule has 0 aromatic heterocycles. The van der Waals surface area contributed by atoms with E-state index in [1.807, 2.05) is 11.8 Å². The van der Waals surface area contributed by atoms with Crippen LogP contribution in [0.2, 0.25) is 5.02 Å². The van der Waals surface area contributed by atoms with Crippen LogP contribution in [0, 0.1) is 5.82 Å². The van der Waals surface area contributed by atoms with Crippen LogP contribution >= 0.6 is 11.6 Å². The van der Waals surface area contributed by atoms with E-state index >= 15 is 0 Å². The minimum Gasteiger partial charge on any atom is -0.364 e. The molecule has 2 nitrogen and oxygen atoms in total. The molecular weight excluding hydrogens is 277 g/mol. The number of anilines is 1. The van der Waals surface area contributed by atoms with Gasteiger partial charge in [0.2, 0.25) is 0 Å². The highest BCUT2D eigenvalue weighted by molar-refractivity contribution is 6.34. The Hall–Kier alpha value is -1.87. The molecule has 0 atom stereocenters. The van der Waals surface area contributed by atoms with Gasteiger partial charge in [-0.1, -0.05) is 29.8 Å². The van der Waals surface area contributed by atoms with E-state index in [0.717, 1.165) is 0 Å². The SMILES string of the molecule is CCN(CC(=O)c1ccccc1Cl)c1cccc(F)c1. The van der Waals surface area contributed by atoms with Crippen molar-refractivity contribution in [3.8, 4) is 0 Å². The van der Waals surface area contributed by atoms with Crippen molar-refractivity contribution >= 4 is 23.1 Å². The number of rotatable bonds is 5. The molecule has 0 saturated carbocycles. The molecule has 20 heavy (non-hydrogen) atoms. The zero-order valence-electron chi connectivity index (χ0n) is 11.1. The van der Waals surface area contributed by atoms with Crippen LogP contribution in [-0.2, 0) is 0 Å². The highest BCUT2D eigenvalue weighted by Gasteiger charge is 2.14. The van der Waals surface area contributed by atoms with E-state index in [9.17, 15) is 9.18 Å². The summed E-state index contributed by atoms with van der Waals surface area (Å²) in [7, 11) is 0. The third-order valence-electron chi connectivity index (χ3n) is 3.06. The molecule has 0 aliphatic heterocycles. The van der Waals surface area contributed by atoms with E-state index < -0.39 is 0 Å². The van der Waals surface area contributed by atoms with Gasteiger partial charge in [0.15, 0.2) is 5.78 Å². The second-order valence-corrected chi connectivity index (χ2v) is 4.80. The van der Waals surface area contributed by atoms with E-state index in [0.29, 0.717) is 22.8 Å². The molecule has 2 rings (SSSR count). The van der Waals surface area contributed by atoms with Crippen molar-refractivity contribution in [2.45, 2.75) is 6.92 Å². The summed E-state index contributed by atoms with van der Waals surface area (Å²) in [4.78, 5) is 14.1. The van der Waals surface area contributed by atoms with Gasteiger partial charge < -0.3 is 4.90 Å². The lowest BCUT2D eigenvalue weighted by Crippen LogP contribution is -2.29. The second kappa shape index (κ2) is 6.53. The molecule has 0 bridgehead atoms. The topological polar surface area (TPSA) is 20.3 Å². The molecule has 104 valence electrons. The summed E-state index contributed by atoms with van der Waals surface area (Å²) in [5.74, 6) is -0.396. The average Bonchev–Trinajstić information content (AvgIpc) is 2.45. The lowest BCUT2D eigenvalue weighted by molar-refractivity contribution is 0.0999. The fourth-order valence-electron chi connectivity index (χ4n) is 2.00. The Morgan fingerprint density at radius 3 is 2.60 bits per heavy atom. The van der Waals surface area contributed by atoms with E-state index in [1.54, 1.807) is 36.4 Å². The molecule has 0 heterocycles. The first kappa shape index (κ1) is 14.5. The van der Waals surface area contributed by atoms with Crippen LogP contribution in [-0.4, -0.2) is 18.9 Å². The first-order chi connectivity index (χ1) is 9.61. The van der Waals surface area contributed by atoms with Crippen LogP contribution in [0.4, 0.5) is 10.1 Å². The van der Waals surface area contributed by atoms with Gasteiger partial charge >= 0.3 is 0 Å². The molecule has 0 saturated heterocycles. The minimum absolute atomic E-state index is 0.0817. The number of benzene rings is 2. The van der Waals surface area contributed by atoms with Gasteiger partial charge in [-0.2, -0.15) is 0 Å². The maximum Gasteiger partial charge on any atom is 0.183 e. The Morgan fingerprint density at radius 2 is 1.95 bits per heavy atom. The summed E-state index contributed by atoms with van der Waals surface area (Å²) in [5, 5.41) is 0.438. The summed E-state index contributed by atoms with van der Waals surface area (Å²) in [6, 6.07) is 13.2. The van der Waals surface area contributed by atoms with Gasteiger partial charge in [-0.25, -0.2) is 4.39 Å². The van der Waals surface area contributed by atoms with Crippen LogP contribution in [0.15, 0.2) is 48.5 Å². The van der Waals surface area contributed by atoms with Crippen LogP contribution in [0.1, 0.15) is 17.3 Å². The van der Waals surface area contributed by atoms with E-state index in [-0.39, 0.29) is 18.1 Å². The summed E-state index contributed by atoms with van der Waals surface area (Å²) in [6.45, 7) is 2.70. The van der Waals surface area contributed by atoms with Gasteiger partial charge in [-0.3, -0.25) is 4.79 Å². The maximum absolute atomic E-state index is 13.3. The summed E-state index contributed by atoms with van der Waals surface area (Å²) >= 11 is 6.02. The van der Waals surface area contributed by atoms with E-state index in [4.69, 9.17) is 11.6 Å². The number of halogens is 2. The lowest BCUT2D eigenvalue weighted by Gasteiger charge is -2.22. The van der Waals surface area contributed by atoms with Crippen molar-refractivity contribution in [3.63, 3.8) is 0 Å². The molecule has 4 heteroatoms. The summed E-state index contributed by atoms with van der Waals surface area (Å²) in [6.07, 6.45) is 0. The molecule has 0 unspecified atom stereocenters. The molecule has 2 aromatic carbocycles. The van der Waals surface area contributed by atoms with Gasteiger partial charge in [-0.15, -0.1) is 0 Å². The van der Waals surface area contributed by atoms with Crippen molar-refractivity contribution in [2.24, 2.45) is 0 Å². The first-order valence-electron chi connectivity index (χ1n) is 6.40. The summed E-state index contributed by atoms with van der Waals surface area (Å²) < 4.78 is 13.3. The van der Waals surface area contributed by atoms with Crippen molar-refractivity contribution in [2.75, 3.05) is 18.0 Å². The smallest absolute Gasteiger partial charge is 0.183 e. The highest BCUT2D eigenvalue weighted by atomic mass is 35.5. The molecule has 0 spiro atoms. The number of ketones is 1. The number of hydrogen-bond donors (Lipinski definition) is 0. The third-order valence-corrected chi connectivity index (χ3v) is 3.39. The van der Waals surface area contributed by atoms with Gasteiger partial charge in [0.25, 0.3) is 0 Å². The zero-order chi connectivity index (χ0) is 14.5. The predicted molar refractivity (Wildman–Crippen MR) is 80.1 cm³/mol. The Labute approximate surface area is 122 Å². The van der Waals surface area contributed by atoms with Gasteiger partial charge in [0, 0.05) is 17.8 Å². The fraction of sp³-hybridized carbons (Fsp3) is 0.188. The third kappa shape index (κ3) is 3.36. The van der Waals surface area contributed by atoms with Crippen molar-refractivity contribution in [3.05, 3.63) is 64.9 Å². The molecule has 0 aliphatic rings. The maximum atomic E-state index is 13.3. The van der Waals surface area contributed by atoms with E-state index in [2.05, 4.69) is 0 Å². The Morgan fingerprint density at radius 1 is 1.20 bits per heavy atom. The number of nitrogens with zero attached hydrogens (tertiary/aromatic N) is 1. The quantitative estimate of drug-likeness (QED) is 0.770. The van der Waals surface area contributed by atoms with Crippen LogP contribution in [0.3, 0.4) is 0 Å². The molecule has 0 radical (unpaired) electrons. The Kier molecular flexibility index (Phi) is 4.74. The van der Waals surface area contributed by atoms with E-state index in [1.165, 1.54) is 12.1 Å². The Balaban J connectivity index is 2.19. The van der Waals surface area contributed by atoms with Crippen molar-refractivity contribution in [1.29, 1.82) is 0 Å². The minimum atomic E-state index is -0.314. The number of carbonyl (C=O) groups is 1. The van der Waals surface area contributed by atoms with Crippen LogP contribution in [0.25, 0.3) is 0 Å².